The Balaban J connectivity index is 1.81. The molecule has 0 spiro atoms. The van der Waals surface area contributed by atoms with E-state index in [0.717, 1.165) is 32.4 Å². The third-order valence-electron chi connectivity index (χ3n) is 2.91. The number of hydrogen-bond acceptors (Lipinski definition) is 4. The highest BCUT2D eigenvalue weighted by Crippen LogP contribution is 2.21. The molecule has 1 saturated heterocycles. The Morgan fingerprint density at radius 2 is 2.44 bits per heavy atom. The molecular weight excluding hydrogens is 220 g/mol. The van der Waals surface area contributed by atoms with Crippen LogP contribution in [0.25, 0.3) is 0 Å². The molecule has 2 rings (SSSR count). The van der Waals surface area contributed by atoms with Gasteiger partial charge < -0.3 is 10.5 Å². The molecule has 1 atom stereocenters. The summed E-state index contributed by atoms with van der Waals surface area (Å²) in [5.41, 5.74) is 5.50. The maximum Gasteiger partial charge on any atom is 0.0953 e. The predicted octanol–water partition coefficient (Wildman–Crippen LogP) is 2.15. The van der Waals surface area contributed by atoms with E-state index in [0.29, 0.717) is 6.10 Å². The normalized spacial score (nSPS) is 21.2. The van der Waals surface area contributed by atoms with Gasteiger partial charge >= 0.3 is 0 Å². The third-order valence-corrected chi connectivity index (χ3v) is 3.98. The Morgan fingerprint density at radius 3 is 3.19 bits per heavy atom. The van der Waals surface area contributed by atoms with Gasteiger partial charge in [-0.25, -0.2) is 4.98 Å². The number of ether oxygens (including phenoxy) is 1. The van der Waals surface area contributed by atoms with Crippen molar-refractivity contribution in [2.75, 3.05) is 13.2 Å². The van der Waals surface area contributed by atoms with E-state index >= 15 is 0 Å². The van der Waals surface area contributed by atoms with Crippen molar-refractivity contribution in [3.63, 3.8) is 0 Å². The molecule has 0 amide bonds. The van der Waals surface area contributed by atoms with Crippen LogP contribution in [-0.4, -0.2) is 24.2 Å². The van der Waals surface area contributed by atoms with Crippen LogP contribution in [0, 0.1) is 0 Å². The Hall–Kier alpha value is -0.450. The van der Waals surface area contributed by atoms with Gasteiger partial charge in [0.2, 0.25) is 0 Å². The summed E-state index contributed by atoms with van der Waals surface area (Å²) < 4.78 is 5.72. The van der Waals surface area contributed by atoms with Crippen molar-refractivity contribution in [1.29, 1.82) is 0 Å². The number of hydrogen-bond donors (Lipinski definition) is 1. The zero-order valence-corrected chi connectivity index (χ0v) is 10.5. The first-order chi connectivity index (χ1) is 7.88. The average Bonchev–Trinajstić information content (AvgIpc) is 2.75. The lowest BCUT2D eigenvalue weighted by Gasteiger charge is -2.21. The Labute approximate surface area is 101 Å². The van der Waals surface area contributed by atoms with Crippen LogP contribution in [0.2, 0.25) is 0 Å². The van der Waals surface area contributed by atoms with Crippen LogP contribution in [0.4, 0.5) is 0 Å². The smallest absolute Gasteiger partial charge is 0.0953 e. The van der Waals surface area contributed by atoms with Gasteiger partial charge in [0, 0.05) is 24.1 Å². The van der Waals surface area contributed by atoms with E-state index in [1.165, 1.54) is 29.1 Å². The van der Waals surface area contributed by atoms with E-state index < -0.39 is 0 Å². The van der Waals surface area contributed by atoms with Crippen LogP contribution in [0.15, 0.2) is 6.20 Å². The molecule has 2 N–H and O–H groups in total. The molecule has 16 heavy (non-hydrogen) atoms. The van der Waals surface area contributed by atoms with Gasteiger partial charge in [-0.05, 0) is 38.6 Å². The first-order valence-electron chi connectivity index (χ1n) is 6.13. The molecule has 3 nitrogen and oxygen atoms in total. The minimum Gasteiger partial charge on any atom is -0.378 e. The number of nitrogens with two attached hydrogens (primary N) is 1. The van der Waals surface area contributed by atoms with E-state index in [9.17, 15) is 0 Å². The monoisotopic (exact) mass is 240 g/mol. The second-order valence-electron chi connectivity index (χ2n) is 4.31. The lowest BCUT2D eigenvalue weighted by molar-refractivity contribution is 0.0168. The predicted molar refractivity (Wildman–Crippen MR) is 66.8 cm³/mol. The van der Waals surface area contributed by atoms with Gasteiger partial charge in [0.25, 0.3) is 0 Å². The van der Waals surface area contributed by atoms with E-state index in [2.05, 4.69) is 4.98 Å². The summed E-state index contributed by atoms with van der Waals surface area (Å²) in [6, 6.07) is 0. The molecule has 4 heteroatoms. The molecule has 90 valence electrons. The zero-order chi connectivity index (χ0) is 11.2. The molecule has 1 aromatic heterocycles. The highest BCUT2D eigenvalue weighted by Gasteiger charge is 2.16. The summed E-state index contributed by atoms with van der Waals surface area (Å²) in [6.07, 6.45) is 9.24. The van der Waals surface area contributed by atoms with Crippen LogP contribution in [-0.2, 0) is 17.6 Å². The summed E-state index contributed by atoms with van der Waals surface area (Å²) in [4.78, 5) is 5.82. The van der Waals surface area contributed by atoms with Crippen molar-refractivity contribution in [2.24, 2.45) is 5.73 Å². The standard InChI is InChI=1S/C12H20N2OS/c13-6-3-5-11-9-14-12(16-11)8-10-4-1-2-7-15-10/h9-10H,1-8,13H2. The lowest BCUT2D eigenvalue weighted by Crippen LogP contribution is -2.21. The molecule has 1 aliphatic rings. The fraction of sp³-hybridized carbons (Fsp3) is 0.750. The van der Waals surface area contributed by atoms with Gasteiger partial charge in [-0.15, -0.1) is 11.3 Å². The number of nitrogens with zero attached hydrogens (tertiary/aromatic N) is 1. The number of thiazole rings is 1. The van der Waals surface area contributed by atoms with Gasteiger partial charge in [-0.1, -0.05) is 0 Å². The fourth-order valence-corrected chi connectivity index (χ4v) is 3.03. The second-order valence-corrected chi connectivity index (χ2v) is 5.50. The van der Waals surface area contributed by atoms with Gasteiger partial charge in [-0.3, -0.25) is 0 Å². The molecule has 0 aromatic carbocycles. The fourth-order valence-electron chi connectivity index (χ4n) is 2.00. The summed E-state index contributed by atoms with van der Waals surface area (Å²) in [7, 11) is 0. The second kappa shape index (κ2) is 6.33. The van der Waals surface area contributed by atoms with Crippen molar-refractivity contribution in [3.05, 3.63) is 16.1 Å². The molecule has 2 heterocycles. The molecular formula is C12H20N2OS. The summed E-state index contributed by atoms with van der Waals surface area (Å²) >= 11 is 1.82. The van der Waals surface area contributed by atoms with Crippen molar-refractivity contribution < 1.29 is 4.74 Å². The van der Waals surface area contributed by atoms with Gasteiger partial charge in [0.15, 0.2) is 0 Å². The minimum atomic E-state index is 0.405. The van der Waals surface area contributed by atoms with Crippen LogP contribution in [0.1, 0.15) is 35.6 Å². The quantitative estimate of drug-likeness (QED) is 0.858. The van der Waals surface area contributed by atoms with Crippen LogP contribution in [0.3, 0.4) is 0 Å². The maximum atomic E-state index is 5.72. The summed E-state index contributed by atoms with van der Waals surface area (Å²) in [6.45, 7) is 1.69. The van der Waals surface area contributed by atoms with Gasteiger partial charge in [0.1, 0.15) is 0 Å². The molecule has 0 saturated carbocycles. The van der Waals surface area contributed by atoms with E-state index in [1.807, 2.05) is 17.5 Å². The van der Waals surface area contributed by atoms with Crippen molar-refractivity contribution >= 4 is 11.3 Å². The van der Waals surface area contributed by atoms with Crippen LogP contribution < -0.4 is 5.73 Å². The molecule has 1 aromatic rings. The first kappa shape index (κ1) is 12.0. The van der Waals surface area contributed by atoms with Crippen molar-refractivity contribution in [1.82, 2.24) is 4.98 Å². The largest absolute Gasteiger partial charge is 0.378 e. The van der Waals surface area contributed by atoms with Gasteiger partial charge in [0.05, 0.1) is 11.1 Å². The molecule has 1 fully saturated rings. The summed E-state index contributed by atoms with van der Waals surface area (Å²) in [5.74, 6) is 0. The van der Waals surface area contributed by atoms with Crippen LogP contribution >= 0.6 is 11.3 Å². The third kappa shape index (κ3) is 3.54. The highest BCUT2D eigenvalue weighted by atomic mass is 32.1. The van der Waals surface area contributed by atoms with Crippen molar-refractivity contribution in [2.45, 2.75) is 44.6 Å². The molecule has 1 aliphatic heterocycles. The Morgan fingerprint density at radius 1 is 1.50 bits per heavy atom. The average molecular weight is 240 g/mol. The SMILES string of the molecule is NCCCc1cnc(CC2CCCCO2)s1. The van der Waals surface area contributed by atoms with E-state index in [1.54, 1.807) is 0 Å². The number of aromatic nitrogens is 1. The Bertz CT molecular complexity index is 308. The van der Waals surface area contributed by atoms with E-state index in [-0.39, 0.29) is 0 Å². The van der Waals surface area contributed by atoms with Crippen molar-refractivity contribution in [3.8, 4) is 0 Å². The summed E-state index contributed by atoms with van der Waals surface area (Å²) in [5, 5.41) is 1.22. The van der Waals surface area contributed by atoms with E-state index in [4.69, 9.17) is 10.5 Å². The maximum absolute atomic E-state index is 5.72. The minimum absolute atomic E-state index is 0.405. The lowest BCUT2D eigenvalue weighted by atomic mass is 10.1. The highest BCUT2D eigenvalue weighted by molar-refractivity contribution is 7.11. The number of aryl methyl sites for hydroxylation is 1. The Kier molecular flexibility index (Phi) is 4.75. The molecule has 0 radical (unpaired) electrons. The molecule has 1 unspecified atom stereocenters. The number of rotatable bonds is 5. The zero-order valence-electron chi connectivity index (χ0n) is 9.65. The molecule has 0 aliphatic carbocycles. The topological polar surface area (TPSA) is 48.1 Å². The van der Waals surface area contributed by atoms with Crippen LogP contribution in [0.5, 0.6) is 0 Å². The van der Waals surface area contributed by atoms with Gasteiger partial charge in [-0.2, -0.15) is 0 Å². The first-order valence-corrected chi connectivity index (χ1v) is 6.95. The molecule has 0 bridgehead atoms.